The van der Waals surface area contributed by atoms with Crippen molar-refractivity contribution in [2.75, 3.05) is 32.8 Å². The highest BCUT2D eigenvalue weighted by atomic mass is 17.0. The average Bonchev–Trinajstić information content (AvgIpc) is 2.87. The van der Waals surface area contributed by atoms with Crippen LogP contribution in [-0.4, -0.2) is 37.7 Å². The molecule has 0 amide bonds. The molecular weight excluding hydrogens is 444 g/mol. The Bertz CT molecular complexity index is 391. The van der Waals surface area contributed by atoms with Crippen molar-refractivity contribution in [1.82, 2.24) is 0 Å². The molecule has 0 saturated heterocycles. The second kappa shape index (κ2) is 27.9. The van der Waals surface area contributed by atoms with Crippen molar-refractivity contribution in [1.29, 1.82) is 0 Å². The van der Waals surface area contributed by atoms with E-state index in [9.17, 15) is 0 Å². The second-order valence-corrected chi connectivity index (χ2v) is 11.6. The van der Waals surface area contributed by atoms with Crippen molar-refractivity contribution < 1.29 is 14.5 Å². The first-order valence-corrected chi connectivity index (χ1v) is 16.5. The van der Waals surface area contributed by atoms with Crippen LogP contribution in [0.25, 0.3) is 0 Å². The number of hydrogen-bond donors (Lipinski definition) is 1. The number of hydroxylamine groups is 4. The summed E-state index contributed by atoms with van der Waals surface area (Å²) in [4.78, 5) is 13.4. The fourth-order valence-electron chi connectivity index (χ4n) is 4.84. The summed E-state index contributed by atoms with van der Waals surface area (Å²) >= 11 is 0. The van der Waals surface area contributed by atoms with Crippen LogP contribution in [0.4, 0.5) is 0 Å². The van der Waals surface area contributed by atoms with E-state index in [0.29, 0.717) is 17.3 Å². The lowest BCUT2D eigenvalue weighted by molar-refractivity contribution is -1.25. The molecule has 0 unspecified atom stereocenters. The normalized spacial score (nSPS) is 12.2. The summed E-state index contributed by atoms with van der Waals surface area (Å²) in [5.74, 6) is 0.655. The Morgan fingerprint density at radius 3 is 1.19 bits per heavy atom. The van der Waals surface area contributed by atoms with Gasteiger partial charge in [0.05, 0.1) is 0 Å². The third kappa shape index (κ3) is 24.2. The van der Waals surface area contributed by atoms with Gasteiger partial charge in [-0.25, -0.2) is 0 Å². The van der Waals surface area contributed by atoms with Gasteiger partial charge in [-0.3, -0.25) is 0 Å². The summed E-state index contributed by atoms with van der Waals surface area (Å²) in [5.41, 5.74) is 5.89. The van der Waals surface area contributed by atoms with Crippen molar-refractivity contribution in [3.8, 4) is 0 Å². The largest absolute Gasteiger partial charge is 0.330 e. The molecule has 0 spiro atoms. The molecule has 2 N–H and O–H groups in total. The Balaban J connectivity index is 4.23. The number of hydrogen-bond acceptors (Lipinski definition) is 3. The number of rotatable bonds is 30. The SMILES string of the molecule is CCCCCCCCCCCCO[N+](CCCN)(CCC(C)C)OCCCCCCCCCCCC. The summed E-state index contributed by atoms with van der Waals surface area (Å²) in [6.07, 6.45) is 29.1. The minimum absolute atomic E-state index is 0.365. The molecule has 0 aliphatic rings. The molecule has 0 aromatic heterocycles. The van der Waals surface area contributed by atoms with Gasteiger partial charge in [0.15, 0.2) is 0 Å². The minimum Gasteiger partial charge on any atom is -0.330 e. The smallest absolute Gasteiger partial charge is 0.143 e. The van der Waals surface area contributed by atoms with E-state index in [0.717, 1.165) is 52.0 Å². The first kappa shape index (κ1) is 35.8. The lowest BCUT2D eigenvalue weighted by Crippen LogP contribution is -2.50. The first-order valence-electron chi connectivity index (χ1n) is 16.5. The molecule has 0 rings (SSSR count). The molecule has 0 aromatic carbocycles. The molecule has 0 heterocycles. The third-order valence-electron chi connectivity index (χ3n) is 7.40. The van der Waals surface area contributed by atoms with Crippen LogP contribution in [0.1, 0.15) is 169 Å². The van der Waals surface area contributed by atoms with E-state index in [2.05, 4.69) is 27.7 Å². The Labute approximate surface area is 227 Å². The van der Waals surface area contributed by atoms with Crippen LogP contribution >= 0.6 is 0 Å². The van der Waals surface area contributed by atoms with Crippen LogP contribution in [-0.2, 0) is 9.68 Å². The van der Waals surface area contributed by atoms with Crippen LogP contribution in [0.3, 0.4) is 0 Å². The summed E-state index contributed by atoms with van der Waals surface area (Å²) < 4.78 is 0. The predicted octanol–water partition coefficient (Wildman–Crippen LogP) is 9.90. The molecule has 218 valence electrons. The number of unbranched alkanes of at least 4 members (excludes halogenated alkanes) is 18. The first-order chi connectivity index (χ1) is 17.6. The Morgan fingerprint density at radius 2 is 0.861 bits per heavy atom. The van der Waals surface area contributed by atoms with Crippen LogP contribution in [0, 0.1) is 5.92 Å². The Kier molecular flexibility index (Phi) is 27.7. The van der Waals surface area contributed by atoms with Gasteiger partial charge in [-0.05, 0) is 30.1 Å². The highest BCUT2D eigenvalue weighted by molar-refractivity contribution is 4.49. The van der Waals surface area contributed by atoms with Gasteiger partial charge in [0, 0.05) is 12.8 Å². The maximum Gasteiger partial charge on any atom is 0.143 e. The number of nitrogens with zero attached hydrogens (tertiary/aromatic N) is 1. The van der Waals surface area contributed by atoms with Crippen molar-refractivity contribution in [2.24, 2.45) is 11.7 Å². The van der Waals surface area contributed by atoms with Crippen LogP contribution in [0.15, 0.2) is 0 Å². The summed E-state index contributed by atoms with van der Waals surface area (Å²) in [6, 6.07) is 0. The van der Waals surface area contributed by atoms with Crippen LogP contribution in [0.2, 0.25) is 0 Å². The van der Waals surface area contributed by atoms with Gasteiger partial charge in [-0.15, -0.1) is 0 Å². The molecule has 0 bridgehead atoms. The maximum absolute atomic E-state index is 6.51. The molecule has 0 aliphatic heterocycles. The molecule has 0 aromatic rings. The van der Waals surface area contributed by atoms with Gasteiger partial charge >= 0.3 is 0 Å². The second-order valence-electron chi connectivity index (χ2n) is 11.6. The molecule has 0 radical (unpaired) electrons. The fourth-order valence-corrected chi connectivity index (χ4v) is 4.84. The van der Waals surface area contributed by atoms with Gasteiger partial charge in [0.1, 0.15) is 26.3 Å². The molecule has 0 atom stereocenters. The molecule has 0 fully saturated rings. The molecule has 0 saturated carbocycles. The quantitative estimate of drug-likeness (QED) is 0.0590. The number of quaternary nitrogens is 1. The van der Waals surface area contributed by atoms with Crippen molar-refractivity contribution in [2.45, 2.75) is 169 Å². The van der Waals surface area contributed by atoms with Crippen molar-refractivity contribution in [3.05, 3.63) is 0 Å². The maximum atomic E-state index is 6.51. The topological polar surface area (TPSA) is 44.5 Å². The van der Waals surface area contributed by atoms with Crippen LogP contribution in [0.5, 0.6) is 0 Å². The summed E-state index contributed by atoms with van der Waals surface area (Å²) in [5, 5.41) is 0. The highest BCUT2D eigenvalue weighted by Crippen LogP contribution is 2.19. The van der Waals surface area contributed by atoms with Crippen molar-refractivity contribution in [3.63, 3.8) is 0 Å². The van der Waals surface area contributed by atoms with E-state index in [1.807, 2.05) is 0 Å². The average molecular weight is 514 g/mol. The molecule has 4 nitrogen and oxygen atoms in total. The predicted molar refractivity (Wildman–Crippen MR) is 159 cm³/mol. The minimum atomic E-state index is 0.365. The molecule has 0 aliphatic carbocycles. The van der Waals surface area contributed by atoms with Crippen LogP contribution < -0.4 is 5.73 Å². The summed E-state index contributed by atoms with van der Waals surface area (Å²) in [7, 11) is 0. The molecule has 4 heteroatoms. The van der Waals surface area contributed by atoms with E-state index in [4.69, 9.17) is 15.4 Å². The van der Waals surface area contributed by atoms with E-state index in [1.54, 1.807) is 0 Å². The Morgan fingerprint density at radius 1 is 0.500 bits per heavy atom. The zero-order valence-corrected chi connectivity index (χ0v) is 25.5. The lowest BCUT2D eigenvalue weighted by atomic mass is 10.1. The van der Waals surface area contributed by atoms with Crippen molar-refractivity contribution >= 4 is 0 Å². The fraction of sp³-hybridized carbons (Fsp3) is 1.00. The highest BCUT2D eigenvalue weighted by Gasteiger charge is 2.31. The van der Waals surface area contributed by atoms with E-state index < -0.39 is 0 Å². The van der Waals surface area contributed by atoms with E-state index in [1.165, 1.54) is 116 Å². The summed E-state index contributed by atoms with van der Waals surface area (Å²) in [6.45, 7) is 13.3. The number of nitrogens with two attached hydrogens (primary N) is 1. The third-order valence-corrected chi connectivity index (χ3v) is 7.40. The molecular formula is C32H69N2O2+. The zero-order chi connectivity index (χ0) is 26.6. The monoisotopic (exact) mass is 514 g/mol. The van der Waals surface area contributed by atoms with E-state index >= 15 is 0 Å². The Hall–Kier alpha value is -0.160. The van der Waals surface area contributed by atoms with E-state index in [-0.39, 0.29) is 0 Å². The lowest BCUT2D eigenvalue weighted by Gasteiger charge is -2.33. The van der Waals surface area contributed by atoms with Gasteiger partial charge < -0.3 is 5.73 Å². The molecule has 36 heavy (non-hydrogen) atoms. The standard InChI is InChI=1S/C32H69N2O2/c1-5-7-9-11-13-15-17-19-21-23-30-35-34(28-25-27-33,29-26-32(3)4)36-31-24-22-20-18-16-14-12-10-8-6-2/h32H,5-31,33H2,1-4H3/q+1. The van der Waals surface area contributed by atoms with Gasteiger partial charge in [0.25, 0.3) is 0 Å². The van der Waals surface area contributed by atoms with Gasteiger partial charge in [-0.2, -0.15) is 9.68 Å². The van der Waals surface area contributed by atoms with Gasteiger partial charge in [-0.1, -0.05) is 143 Å². The van der Waals surface area contributed by atoms with Gasteiger partial charge in [0.2, 0.25) is 0 Å². The zero-order valence-electron chi connectivity index (χ0n) is 25.5.